The summed E-state index contributed by atoms with van der Waals surface area (Å²) in [7, 11) is 0. The maximum atomic E-state index is 12.5. The average molecular weight is 489 g/mol. The number of halogens is 2. The third-order valence-electron chi connectivity index (χ3n) is 5.39. The smallest absolute Gasteiger partial charge is 0.332 e. The molecule has 166 valence electrons. The maximum absolute atomic E-state index is 12.5. The lowest BCUT2D eigenvalue weighted by Gasteiger charge is -2.18. The number of allylic oxidation sites excluding steroid dienone is 1. The zero-order chi connectivity index (χ0) is 22.7. The van der Waals surface area contributed by atoms with Gasteiger partial charge in [0, 0.05) is 6.54 Å². The molecule has 0 aliphatic heterocycles. The molecule has 1 aliphatic carbocycles. The third kappa shape index (κ3) is 5.28. The molecule has 0 saturated carbocycles. The van der Waals surface area contributed by atoms with Gasteiger partial charge in [-0.05, 0) is 67.5 Å². The third-order valence-corrected chi connectivity index (χ3v) is 6.35. The number of aromatic hydroxyl groups is 1. The number of fused-ring (bicyclic) bond motifs is 1. The number of urea groups is 1. The number of benzene rings is 2. The summed E-state index contributed by atoms with van der Waals surface area (Å²) in [5.74, 6) is 0.177. The van der Waals surface area contributed by atoms with E-state index in [9.17, 15) is 9.90 Å². The van der Waals surface area contributed by atoms with Crippen LogP contribution in [0.5, 0.6) is 5.75 Å². The number of phenolic OH excluding ortho intramolecular Hbond substituents is 1. The predicted octanol–water partition coefficient (Wildman–Crippen LogP) is 6.88. The van der Waals surface area contributed by atoms with E-state index in [0.717, 1.165) is 30.4 Å². The lowest BCUT2D eigenvalue weighted by Crippen LogP contribution is -2.28. The fraction of sp³-hybridized carbons (Fsp3) is 0.261. The van der Waals surface area contributed by atoms with Crippen LogP contribution in [-0.2, 0) is 0 Å². The van der Waals surface area contributed by atoms with Crippen LogP contribution in [0.3, 0.4) is 0 Å². The van der Waals surface area contributed by atoms with Crippen LogP contribution in [0.2, 0.25) is 10.0 Å². The average Bonchev–Trinajstić information content (AvgIpc) is 2.80. The summed E-state index contributed by atoms with van der Waals surface area (Å²) >= 11 is 16.4. The summed E-state index contributed by atoms with van der Waals surface area (Å²) in [6.07, 6.45) is 9.26. The molecular formula is C23H22Cl2N4O2S. The number of carbonyl (C=O) groups is 1. The molecule has 0 saturated heterocycles. The number of rotatable bonds is 5. The van der Waals surface area contributed by atoms with E-state index in [4.69, 9.17) is 23.2 Å². The highest BCUT2D eigenvalue weighted by atomic mass is 35.5. The van der Waals surface area contributed by atoms with Crippen molar-refractivity contribution in [3.8, 4) is 16.9 Å². The minimum Gasteiger partial charge on any atom is -0.505 e. The van der Waals surface area contributed by atoms with E-state index in [2.05, 4.69) is 34.2 Å². The van der Waals surface area contributed by atoms with E-state index in [-0.39, 0.29) is 21.8 Å². The summed E-state index contributed by atoms with van der Waals surface area (Å²) in [6, 6.07) is 8.41. The van der Waals surface area contributed by atoms with Gasteiger partial charge >= 0.3 is 6.03 Å². The maximum Gasteiger partial charge on any atom is 0.332 e. The highest BCUT2D eigenvalue weighted by molar-refractivity contribution is 7.78. The first-order valence-corrected chi connectivity index (χ1v) is 11.5. The largest absolute Gasteiger partial charge is 0.505 e. The molecule has 0 unspecified atom stereocenters. The van der Waals surface area contributed by atoms with Crippen LogP contribution in [0, 0.1) is 0 Å². The second-order valence-electron chi connectivity index (χ2n) is 7.66. The number of hydrogen-bond donors (Lipinski definition) is 3. The summed E-state index contributed by atoms with van der Waals surface area (Å²) in [5, 5.41) is 12.9. The summed E-state index contributed by atoms with van der Waals surface area (Å²) in [5.41, 5.74) is 4.19. The Morgan fingerprint density at radius 2 is 1.91 bits per heavy atom. The zero-order valence-electron chi connectivity index (χ0n) is 17.2. The number of carbonyl (C=O) groups excluding carboxylic acids is 1. The molecule has 32 heavy (non-hydrogen) atoms. The van der Waals surface area contributed by atoms with E-state index in [1.807, 2.05) is 18.2 Å². The highest BCUT2D eigenvalue weighted by Gasteiger charge is 2.14. The number of amides is 2. The minimum atomic E-state index is -0.355. The molecule has 2 aromatic carbocycles. The molecule has 0 fully saturated rings. The standard InChI is InChI=1S/C23H22Cl2N4O2S/c24-17-10-16(11-18(25)22(17)30)15-6-7-19-20(12-15)27-21(13-26-19)28-23(31)29(32)9-8-14-4-2-1-3-5-14/h4,6-7,10-13,30,32H,1-3,5,8-9H2,(H,27,28,31). The van der Waals surface area contributed by atoms with Crippen LogP contribution < -0.4 is 5.32 Å². The fourth-order valence-electron chi connectivity index (χ4n) is 3.64. The summed E-state index contributed by atoms with van der Waals surface area (Å²) in [4.78, 5) is 21.4. The van der Waals surface area contributed by atoms with Gasteiger partial charge in [0.1, 0.15) is 0 Å². The van der Waals surface area contributed by atoms with Crippen LogP contribution in [0.25, 0.3) is 22.2 Å². The van der Waals surface area contributed by atoms with Gasteiger partial charge in [-0.3, -0.25) is 14.6 Å². The van der Waals surface area contributed by atoms with E-state index < -0.39 is 0 Å². The normalized spacial score (nSPS) is 13.7. The van der Waals surface area contributed by atoms with Crippen molar-refractivity contribution in [1.29, 1.82) is 0 Å². The minimum absolute atomic E-state index is 0.154. The van der Waals surface area contributed by atoms with Crippen LogP contribution >= 0.6 is 36.0 Å². The van der Waals surface area contributed by atoms with Crippen molar-refractivity contribution in [3.63, 3.8) is 0 Å². The topological polar surface area (TPSA) is 78.3 Å². The quantitative estimate of drug-likeness (QED) is 0.270. The monoisotopic (exact) mass is 488 g/mol. The fourth-order valence-corrected chi connectivity index (χ4v) is 4.28. The van der Waals surface area contributed by atoms with Crippen LogP contribution in [0.4, 0.5) is 10.6 Å². The van der Waals surface area contributed by atoms with Crippen LogP contribution in [-0.4, -0.2) is 32.0 Å². The van der Waals surface area contributed by atoms with Crippen LogP contribution in [0.1, 0.15) is 32.1 Å². The Labute approximate surface area is 201 Å². The van der Waals surface area contributed by atoms with Gasteiger partial charge in [0.15, 0.2) is 11.6 Å². The number of aromatic nitrogens is 2. The van der Waals surface area contributed by atoms with E-state index in [1.54, 1.807) is 12.1 Å². The summed E-state index contributed by atoms with van der Waals surface area (Å²) < 4.78 is 1.36. The molecule has 1 aliphatic rings. The molecule has 0 atom stereocenters. The van der Waals surface area contributed by atoms with Crippen molar-refractivity contribution in [2.75, 3.05) is 11.9 Å². The van der Waals surface area contributed by atoms with Gasteiger partial charge in [-0.2, -0.15) is 0 Å². The van der Waals surface area contributed by atoms with Crippen molar-refractivity contribution in [1.82, 2.24) is 14.3 Å². The Hall–Kier alpha value is -2.48. The Kier molecular flexibility index (Phi) is 7.08. The van der Waals surface area contributed by atoms with E-state index in [1.165, 1.54) is 28.9 Å². The van der Waals surface area contributed by atoms with Gasteiger partial charge in [0.2, 0.25) is 0 Å². The van der Waals surface area contributed by atoms with Gasteiger partial charge in [0.25, 0.3) is 0 Å². The molecule has 6 nitrogen and oxygen atoms in total. The molecule has 2 amide bonds. The van der Waals surface area contributed by atoms with Gasteiger partial charge in [0.05, 0.1) is 27.3 Å². The Morgan fingerprint density at radius 1 is 1.12 bits per heavy atom. The van der Waals surface area contributed by atoms with Crippen molar-refractivity contribution in [2.24, 2.45) is 0 Å². The molecule has 1 heterocycles. The van der Waals surface area contributed by atoms with Crippen molar-refractivity contribution in [2.45, 2.75) is 32.1 Å². The SMILES string of the molecule is O=C(Nc1cnc2ccc(-c3cc(Cl)c(O)c(Cl)c3)cc2n1)N(S)CCC1=CCCCC1. The van der Waals surface area contributed by atoms with Crippen LogP contribution in [0.15, 0.2) is 48.2 Å². The molecule has 1 aromatic heterocycles. The Balaban J connectivity index is 1.49. The predicted molar refractivity (Wildman–Crippen MR) is 133 cm³/mol. The number of phenols is 1. The van der Waals surface area contributed by atoms with Gasteiger partial charge in [-0.25, -0.2) is 9.78 Å². The molecule has 3 aromatic rings. The molecule has 9 heteroatoms. The molecule has 0 bridgehead atoms. The van der Waals surface area contributed by atoms with E-state index in [0.29, 0.717) is 23.4 Å². The molecule has 0 radical (unpaired) electrons. The molecular weight excluding hydrogens is 467 g/mol. The Bertz CT molecular complexity index is 1180. The van der Waals surface area contributed by atoms with Crippen molar-refractivity contribution in [3.05, 3.63) is 58.2 Å². The number of nitrogens with one attached hydrogen (secondary N) is 1. The first-order chi connectivity index (χ1) is 15.4. The number of hydrogen-bond acceptors (Lipinski definition) is 5. The van der Waals surface area contributed by atoms with Gasteiger partial charge in [-0.1, -0.05) is 53.7 Å². The second kappa shape index (κ2) is 9.98. The lowest BCUT2D eigenvalue weighted by atomic mass is 9.97. The first kappa shape index (κ1) is 22.7. The zero-order valence-corrected chi connectivity index (χ0v) is 19.6. The molecule has 2 N–H and O–H groups in total. The van der Waals surface area contributed by atoms with Crippen molar-refractivity contribution >= 4 is 58.9 Å². The van der Waals surface area contributed by atoms with Crippen molar-refractivity contribution < 1.29 is 9.90 Å². The Morgan fingerprint density at radius 3 is 2.62 bits per heavy atom. The summed E-state index contributed by atoms with van der Waals surface area (Å²) in [6.45, 7) is 0.522. The lowest BCUT2D eigenvalue weighted by molar-refractivity contribution is 0.239. The number of nitrogens with zero attached hydrogens (tertiary/aromatic N) is 3. The first-order valence-electron chi connectivity index (χ1n) is 10.3. The van der Waals surface area contributed by atoms with E-state index >= 15 is 0 Å². The van der Waals surface area contributed by atoms with Gasteiger partial charge < -0.3 is 5.11 Å². The van der Waals surface area contributed by atoms with Gasteiger partial charge in [-0.15, -0.1) is 0 Å². The highest BCUT2D eigenvalue weighted by Crippen LogP contribution is 2.37. The molecule has 0 spiro atoms. The number of thiol groups is 1. The number of anilines is 1. The molecule has 4 rings (SSSR count). The second-order valence-corrected chi connectivity index (χ2v) is 8.96.